The van der Waals surface area contributed by atoms with E-state index in [4.69, 9.17) is 18.9 Å². The maximum atomic E-state index is 11.9. The molecule has 7 heteroatoms. The molecule has 0 bridgehead atoms. The van der Waals surface area contributed by atoms with E-state index in [0.717, 1.165) is 5.75 Å². The van der Waals surface area contributed by atoms with Crippen molar-refractivity contribution in [3.8, 4) is 11.5 Å². The summed E-state index contributed by atoms with van der Waals surface area (Å²) in [7, 11) is 1.59. The molecule has 0 aliphatic rings. The van der Waals surface area contributed by atoms with Crippen molar-refractivity contribution in [2.75, 3.05) is 13.7 Å². The molecular formula is C18H27NO6. The third-order valence-electron chi connectivity index (χ3n) is 2.94. The Morgan fingerprint density at radius 3 is 2.16 bits per heavy atom. The second-order valence-electron chi connectivity index (χ2n) is 6.60. The third-order valence-corrected chi connectivity index (χ3v) is 2.94. The largest absolute Gasteiger partial charge is 0.497 e. The average molecular weight is 353 g/mol. The fraction of sp³-hybridized carbons (Fsp3) is 0.556. The second-order valence-corrected chi connectivity index (χ2v) is 6.60. The fourth-order valence-corrected chi connectivity index (χ4v) is 1.79. The fourth-order valence-electron chi connectivity index (χ4n) is 1.79. The average Bonchev–Trinajstić information content (AvgIpc) is 2.51. The van der Waals surface area contributed by atoms with Crippen molar-refractivity contribution in [1.29, 1.82) is 0 Å². The second kappa shape index (κ2) is 9.15. The molecule has 0 unspecified atom stereocenters. The molecule has 1 aromatic rings. The number of hydrogen-bond donors (Lipinski definition) is 1. The first kappa shape index (κ1) is 20.6. The van der Waals surface area contributed by atoms with Gasteiger partial charge in [0.2, 0.25) is 0 Å². The van der Waals surface area contributed by atoms with Crippen molar-refractivity contribution in [2.24, 2.45) is 0 Å². The number of ether oxygens (including phenoxy) is 4. The zero-order valence-electron chi connectivity index (χ0n) is 15.6. The van der Waals surface area contributed by atoms with Crippen LogP contribution in [-0.4, -0.2) is 43.5 Å². The quantitative estimate of drug-likeness (QED) is 0.759. The standard InChI is InChI=1S/C18H27NO6/c1-12(24-15-9-7-14(22-6)8-10-15)11-23-16(20)13(2)19-17(21)25-18(3,4)5/h7-10,12-13H,11H2,1-6H3,(H,19,21)/t12-,13-/m0/s1. The van der Waals surface area contributed by atoms with Gasteiger partial charge in [0.1, 0.15) is 35.9 Å². The molecule has 140 valence electrons. The minimum Gasteiger partial charge on any atom is -0.497 e. The lowest BCUT2D eigenvalue weighted by Crippen LogP contribution is -2.43. The van der Waals surface area contributed by atoms with Gasteiger partial charge in [-0.1, -0.05) is 0 Å². The van der Waals surface area contributed by atoms with Crippen LogP contribution in [0.15, 0.2) is 24.3 Å². The summed E-state index contributed by atoms with van der Waals surface area (Å²) < 4.78 is 21.0. The molecule has 0 saturated carbocycles. The molecule has 0 aliphatic heterocycles. The smallest absolute Gasteiger partial charge is 0.408 e. The molecule has 0 saturated heterocycles. The van der Waals surface area contributed by atoms with Gasteiger partial charge in [0.05, 0.1) is 7.11 Å². The van der Waals surface area contributed by atoms with Crippen molar-refractivity contribution in [2.45, 2.75) is 52.4 Å². The lowest BCUT2D eigenvalue weighted by atomic mass is 10.2. The Kier molecular flexibility index (Phi) is 7.54. The van der Waals surface area contributed by atoms with Gasteiger partial charge in [-0.15, -0.1) is 0 Å². The van der Waals surface area contributed by atoms with Crippen LogP contribution in [0, 0.1) is 0 Å². The van der Waals surface area contributed by atoms with E-state index in [0.29, 0.717) is 5.75 Å². The number of esters is 1. The first-order valence-corrected chi connectivity index (χ1v) is 8.07. The number of methoxy groups -OCH3 is 1. The summed E-state index contributed by atoms with van der Waals surface area (Å²) in [6.07, 6.45) is -1.01. The molecule has 0 radical (unpaired) electrons. The van der Waals surface area contributed by atoms with Crippen LogP contribution >= 0.6 is 0 Å². The van der Waals surface area contributed by atoms with Gasteiger partial charge in [0.25, 0.3) is 0 Å². The van der Waals surface area contributed by atoms with Gasteiger partial charge in [-0.05, 0) is 58.9 Å². The first-order chi connectivity index (χ1) is 11.6. The van der Waals surface area contributed by atoms with Crippen LogP contribution in [0.25, 0.3) is 0 Å². The predicted octanol–water partition coefficient (Wildman–Crippen LogP) is 2.92. The zero-order chi connectivity index (χ0) is 19.0. The van der Waals surface area contributed by atoms with Gasteiger partial charge >= 0.3 is 12.1 Å². The summed E-state index contributed by atoms with van der Waals surface area (Å²) in [5.74, 6) is 0.814. The van der Waals surface area contributed by atoms with Crippen LogP contribution in [0.4, 0.5) is 4.79 Å². The van der Waals surface area contributed by atoms with E-state index >= 15 is 0 Å². The highest BCUT2D eigenvalue weighted by Gasteiger charge is 2.22. The SMILES string of the molecule is COc1ccc(O[C@@H](C)COC(=O)[C@H](C)NC(=O)OC(C)(C)C)cc1. The van der Waals surface area contributed by atoms with Crippen LogP contribution < -0.4 is 14.8 Å². The number of carbonyl (C=O) groups is 2. The van der Waals surface area contributed by atoms with E-state index in [1.165, 1.54) is 6.92 Å². The third kappa shape index (κ3) is 8.28. The van der Waals surface area contributed by atoms with E-state index in [9.17, 15) is 9.59 Å². The van der Waals surface area contributed by atoms with Gasteiger partial charge < -0.3 is 24.3 Å². The Bertz CT molecular complexity index is 564. The summed E-state index contributed by atoms with van der Waals surface area (Å²) in [4.78, 5) is 23.5. The number of carbonyl (C=O) groups excluding carboxylic acids is 2. The van der Waals surface area contributed by atoms with Gasteiger partial charge in [0.15, 0.2) is 0 Å². The molecule has 0 aliphatic carbocycles. The topological polar surface area (TPSA) is 83.1 Å². The van der Waals surface area contributed by atoms with Crippen molar-refractivity contribution in [3.05, 3.63) is 24.3 Å². The number of amides is 1. The van der Waals surface area contributed by atoms with E-state index in [-0.39, 0.29) is 12.7 Å². The van der Waals surface area contributed by atoms with Gasteiger partial charge in [0, 0.05) is 0 Å². The number of nitrogens with one attached hydrogen (secondary N) is 1. The molecule has 25 heavy (non-hydrogen) atoms. The highest BCUT2D eigenvalue weighted by atomic mass is 16.6. The number of benzene rings is 1. The highest BCUT2D eigenvalue weighted by Crippen LogP contribution is 2.18. The van der Waals surface area contributed by atoms with E-state index in [1.54, 1.807) is 59.1 Å². The molecule has 1 aromatic carbocycles. The van der Waals surface area contributed by atoms with Gasteiger partial charge in [-0.25, -0.2) is 9.59 Å². The maximum absolute atomic E-state index is 11.9. The van der Waals surface area contributed by atoms with E-state index in [1.807, 2.05) is 0 Å². The lowest BCUT2D eigenvalue weighted by Gasteiger charge is -2.22. The summed E-state index contributed by atoms with van der Waals surface area (Å²) in [6.45, 7) is 8.60. The van der Waals surface area contributed by atoms with Crippen LogP contribution in [0.2, 0.25) is 0 Å². The lowest BCUT2D eigenvalue weighted by molar-refractivity contribution is -0.147. The summed E-state index contributed by atoms with van der Waals surface area (Å²) in [6, 6.07) is 6.28. The van der Waals surface area contributed by atoms with Gasteiger partial charge in [-0.3, -0.25) is 0 Å². The normalized spacial score (nSPS) is 13.4. The molecule has 7 nitrogen and oxygen atoms in total. The number of alkyl carbamates (subject to hydrolysis) is 1. The zero-order valence-corrected chi connectivity index (χ0v) is 15.6. The molecule has 1 N–H and O–H groups in total. The highest BCUT2D eigenvalue weighted by molar-refractivity contribution is 5.81. The van der Waals surface area contributed by atoms with Crippen LogP contribution in [0.3, 0.4) is 0 Å². The minimum atomic E-state index is -0.817. The maximum Gasteiger partial charge on any atom is 0.408 e. The minimum absolute atomic E-state index is 0.0607. The summed E-state index contributed by atoms with van der Waals surface area (Å²) in [5.41, 5.74) is -0.631. The molecular weight excluding hydrogens is 326 g/mol. The molecule has 1 rings (SSSR count). The molecule has 0 aromatic heterocycles. The Balaban J connectivity index is 2.37. The van der Waals surface area contributed by atoms with Crippen LogP contribution in [0.1, 0.15) is 34.6 Å². The van der Waals surface area contributed by atoms with Crippen molar-refractivity contribution < 1.29 is 28.5 Å². The molecule has 0 heterocycles. The summed E-state index contributed by atoms with van der Waals surface area (Å²) >= 11 is 0. The van der Waals surface area contributed by atoms with Crippen LogP contribution in [-0.2, 0) is 14.3 Å². The van der Waals surface area contributed by atoms with Crippen molar-refractivity contribution in [1.82, 2.24) is 5.32 Å². The molecule has 0 fully saturated rings. The van der Waals surface area contributed by atoms with E-state index in [2.05, 4.69) is 5.32 Å². The first-order valence-electron chi connectivity index (χ1n) is 8.07. The Morgan fingerprint density at radius 2 is 1.64 bits per heavy atom. The number of hydrogen-bond acceptors (Lipinski definition) is 6. The van der Waals surface area contributed by atoms with Gasteiger partial charge in [-0.2, -0.15) is 0 Å². The molecule has 1 amide bonds. The Morgan fingerprint density at radius 1 is 1.08 bits per heavy atom. The van der Waals surface area contributed by atoms with Crippen LogP contribution in [0.5, 0.6) is 11.5 Å². The van der Waals surface area contributed by atoms with Crippen molar-refractivity contribution >= 4 is 12.1 Å². The Labute approximate surface area is 148 Å². The predicted molar refractivity (Wildman–Crippen MR) is 92.9 cm³/mol. The summed E-state index contributed by atoms with van der Waals surface area (Å²) in [5, 5.41) is 2.43. The number of rotatable bonds is 7. The van der Waals surface area contributed by atoms with Crippen molar-refractivity contribution in [3.63, 3.8) is 0 Å². The Hall–Kier alpha value is -2.44. The molecule has 0 spiro atoms. The monoisotopic (exact) mass is 353 g/mol. The molecule has 2 atom stereocenters. The van der Waals surface area contributed by atoms with E-state index < -0.39 is 23.7 Å².